The first kappa shape index (κ1) is 13.1. The van der Waals surface area contributed by atoms with Crippen LogP contribution in [0.25, 0.3) is 10.1 Å². The maximum atomic E-state index is 12.3. The minimum absolute atomic E-state index is 0.00151. The summed E-state index contributed by atoms with van der Waals surface area (Å²) in [6, 6.07) is 7.49. The molecule has 1 fully saturated rings. The third-order valence-corrected chi connectivity index (χ3v) is 4.59. The van der Waals surface area contributed by atoms with Gasteiger partial charge in [0.25, 0.3) is 5.91 Å². The number of amides is 1. The van der Waals surface area contributed by atoms with Gasteiger partial charge in [-0.3, -0.25) is 9.59 Å². The summed E-state index contributed by atoms with van der Waals surface area (Å²) >= 11 is 1.53. The zero-order valence-electron chi connectivity index (χ0n) is 10.8. The molecule has 1 aromatic heterocycles. The van der Waals surface area contributed by atoms with Gasteiger partial charge < -0.3 is 10.4 Å². The molecule has 0 saturated heterocycles. The molecule has 1 atom stereocenters. The highest BCUT2D eigenvalue weighted by molar-refractivity contribution is 7.17. The lowest BCUT2D eigenvalue weighted by Gasteiger charge is -2.15. The first-order chi connectivity index (χ1) is 9.65. The van der Waals surface area contributed by atoms with Crippen molar-refractivity contribution in [2.75, 3.05) is 0 Å². The number of aliphatic carboxylic acids is 1. The third kappa shape index (κ3) is 2.67. The Morgan fingerprint density at radius 1 is 1.35 bits per heavy atom. The standard InChI is InChI=1S/C15H15NO3S/c17-14(18)7-12(9-5-6-9)16-15(19)11-8-20-13-4-2-1-3-10(11)13/h1-4,8-9,12H,5-7H2,(H,16,19)(H,17,18). The van der Waals surface area contributed by atoms with Crippen molar-refractivity contribution in [3.63, 3.8) is 0 Å². The van der Waals surface area contributed by atoms with Crippen LogP contribution >= 0.6 is 11.3 Å². The number of nitrogens with one attached hydrogen (secondary N) is 1. The summed E-state index contributed by atoms with van der Waals surface area (Å²) in [4.78, 5) is 23.2. The van der Waals surface area contributed by atoms with Crippen LogP contribution < -0.4 is 5.32 Å². The molecule has 0 bridgehead atoms. The average Bonchev–Trinajstić information content (AvgIpc) is 3.16. The fourth-order valence-electron chi connectivity index (χ4n) is 2.42. The van der Waals surface area contributed by atoms with Crippen LogP contribution in [-0.4, -0.2) is 23.0 Å². The van der Waals surface area contributed by atoms with Crippen molar-refractivity contribution in [2.24, 2.45) is 5.92 Å². The number of thiophene rings is 1. The maximum Gasteiger partial charge on any atom is 0.305 e. The SMILES string of the molecule is O=C(O)CC(NC(=O)c1csc2ccccc12)C1CC1. The number of carbonyl (C=O) groups excluding carboxylic acids is 1. The van der Waals surface area contributed by atoms with Crippen LogP contribution in [0.4, 0.5) is 0 Å². The molecule has 5 heteroatoms. The molecule has 0 spiro atoms. The lowest BCUT2D eigenvalue weighted by Crippen LogP contribution is -2.38. The highest BCUT2D eigenvalue weighted by Crippen LogP contribution is 2.34. The molecule has 3 rings (SSSR count). The number of carbonyl (C=O) groups is 2. The Kier molecular flexibility index (Phi) is 3.44. The number of carboxylic acid groups (broad SMARTS) is 1. The maximum absolute atomic E-state index is 12.3. The van der Waals surface area contributed by atoms with Gasteiger partial charge in [-0.15, -0.1) is 11.3 Å². The number of hydrogen-bond donors (Lipinski definition) is 2. The van der Waals surface area contributed by atoms with Gasteiger partial charge in [-0.05, 0) is 24.8 Å². The van der Waals surface area contributed by atoms with Crippen LogP contribution in [0.15, 0.2) is 29.6 Å². The molecule has 0 radical (unpaired) electrons. The van der Waals surface area contributed by atoms with E-state index in [-0.39, 0.29) is 18.4 Å². The summed E-state index contributed by atoms with van der Waals surface area (Å²) in [5, 5.41) is 14.6. The summed E-state index contributed by atoms with van der Waals surface area (Å²) in [6.45, 7) is 0. The van der Waals surface area contributed by atoms with E-state index in [0.717, 1.165) is 22.9 Å². The van der Waals surface area contributed by atoms with Gasteiger partial charge in [-0.25, -0.2) is 0 Å². The monoisotopic (exact) mass is 289 g/mol. The molecule has 1 aliphatic carbocycles. The van der Waals surface area contributed by atoms with Gasteiger partial charge in [0.2, 0.25) is 0 Å². The second-order valence-corrected chi connectivity index (χ2v) is 6.07. The van der Waals surface area contributed by atoms with E-state index in [1.165, 1.54) is 11.3 Å². The molecule has 4 nitrogen and oxygen atoms in total. The molecule has 1 aliphatic rings. The summed E-state index contributed by atoms with van der Waals surface area (Å²) in [5.41, 5.74) is 0.640. The lowest BCUT2D eigenvalue weighted by atomic mass is 10.1. The van der Waals surface area contributed by atoms with Gasteiger partial charge in [-0.2, -0.15) is 0 Å². The molecule has 1 unspecified atom stereocenters. The number of rotatable bonds is 5. The normalized spacial score (nSPS) is 16.0. The molecule has 0 aliphatic heterocycles. The molecule has 104 valence electrons. The Bertz CT molecular complexity index is 660. The van der Waals surface area contributed by atoms with Gasteiger partial charge in [0.05, 0.1) is 12.0 Å². The fourth-order valence-corrected chi connectivity index (χ4v) is 3.36. The van der Waals surface area contributed by atoms with E-state index in [4.69, 9.17) is 5.11 Å². The van der Waals surface area contributed by atoms with Crippen molar-refractivity contribution >= 4 is 33.3 Å². The van der Waals surface area contributed by atoms with Gasteiger partial charge in [-0.1, -0.05) is 18.2 Å². The van der Waals surface area contributed by atoms with Crippen LogP contribution in [0.2, 0.25) is 0 Å². The topological polar surface area (TPSA) is 66.4 Å². The van der Waals surface area contributed by atoms with Gasteiger partial charge in [0.1, 0.15) is 0 Å². The molecule has 1 heterocycles. The smallest absolute Gasteiger partial charge is 0.305 e. The minimum Gasteiger partial charge on any atom is -0.481 e. The van der Waals surface area contributed by atoms with Gasteiger partial charge in [0, 0.05) is 21.5 Å². The van der Waals surface area contributed by atoms with Crippen molar-refractivity contribution in [3.05, 3.63) is 35.2 Å². The Balaban J connectivity index is 1.79. The molecule has 1 aromatic carbocycles. The predicted octanol–water partition coefficient (Wildman–Crippen LogP) is 2.88. The number of hydrogen-bond acceptors (Lipinski definition) is 3. The lowest BCUT2D eigenvalue weighted by molar-refractivity contribution is -0.137. The average molecular weight is 289 g/mol. The van der Waals surface area contributed by atoms with Crippen molar-refractivity contribution in [1.29, 1.82) is 0 Å². The minimum atomic E-state index is -0.864. The third-order valence-electron chi connectivity index (χ3n) is 3.63. The van der Waals surface area contributed by atoms with Crippen molar-refractivity contribution < 1.29 is 14.7 Å². The molecule has 2 aromatic rings. The van der Waals surface area contributed by atoms with E-state index in [2.05, 4.69) is 5.32 Å². The summed E-state index contributed by atoms with van der Waals surface area (Å²) in [5.74, 6) is -0.710. The first-order valence-corrected chi connectivity index (χ1v) is 7.52. The second kappa shape index (κ2) is 5.25. The summed E-state index contributed by atoms with van der Waals surface area (Å²) in [7, 11) is 0. The second-order valence-electron chi connectivity index (χ2n) is 5.16. The van der Waals surface area contributed by atoms with E-state index in [0.29, 0.717) is 11.5 Å². The quantitative estimate of drug-likeness (QED) is 0.889. The largest absolute Gasteiger partial charge is 0.481 e. The molecule has 20 heavy (non-hydrogen) atoms. The van der Waals surface area contributed by atoms with Crippen LogP contribution in [0.5, 0.6) is 0 Å². The van der Waals surface area contributed by atoms with Crippen molar-refractivity contribution in [1.82, 2.24) is 5.32 Å². The van der Waals surface area contributed by atoms with E-state index in [1.54, 1.807) is 0 Å². The van der Waals surface area contributed by atoms with Crippen LogP contribution in [-0.2, 0) is 4.79 Å². The van der Waals surface area contributed by atoms with E-state index in [1.807, 2.05) is 29.6 Å². The molecular formula is C15H15NO3S. The van der Waals surface area contributed by atoms with E-state index < -0.39 is 5.97 Å². The van der Waals surface area contributed by atoms with E-state index >= 15 is 0 Å². The summed E-state index contributed by atoms with van der Waals surface area (Å²) in [6.07, 6.45) is 2.00. The van der Waals surface area contributed by atoms with Gasteiger partial charge >= 0.3 is 5.97 Å². The Labute approximate surface area is 120 Å². The number of benzene rings is 1. The fraction of sp³-hybridized carbons (Fsp3) is 0.333. The Morgan fingerprint density at radius 3 is 2.80 bits per heavy atom. The van der Waals surface area contributed by atoms with Crippen LogP contribution in [0, 0.1) is 5.92 Å². The van der Waals surface area contributed by atoms with Crippen LogP contribution in [0.1, 0.15) is 29.6 Å². The highest BCUT2D eigenvalue weighted by Gasteiger charge is 2.34. The zero-order chi connectivity index (χ0) is 14.1. The molecular weight excluding hydrogens is 274 g/mol. The Hall–Kier alpha value is -1.88. The van der Waals surface area contributed by atoms with Crippen LogP contribution in [0.3, 0.4) is 0 Å². The van der Waals surface area contributed by atoms with Crippen molar-refractivity contribution in [3.8, 4) is 0 Å². The number of fused-ring (bicyclic) bond motifs is 1. The highest BCUT2D eigenvalue weighted by atomic mass is 32.1. The van der Waals surface area contributed by atoms with Gasteiger partial charge in [0.15, 0.2) is 0 Å². The molecule has 1 saturated carbocycles. The first-order valence-electron chi connectivity index (χ1n) is 6.64. The predicted molar refractivity (Wildman–Crippen MR) is 78.1 cm³/mol. The number of carboxylic acids is 1. The van der Waals surface area contributed by atoms with E-state index in [9.17, 15) is 9.59 Å². The van der Waals surface area contributed by atoms with Crippen molar-refractivity contribution in [2.45, 2.75) is 25.3 Å². The summed E-state index contributed by atoms with van der Waals surface area (Å²) < 4.78 is 1.07. The molecule has 1 amide bonds. The molecule has 2 N–H and O–H groups in total. The zero-order valence-corrected chi connectivity index (χ0v) is 11.7. The Morgan fingerprint density at radius 2 is 2.10 bits per heavy atom.